The molecule has 6 aliphatic rings. The number of hydrogen-bond acceptors (Lipinski definition) is 11. The first-order chi connectivity index (χ1) is 28.0. The lowest BCUT2D eigenvalue weighted by Crippen LogP contribution is -2.52. The fraction of sp³-hybridized carbons (Fsp3) is 0.500. The van der Waals surface area contributed by atoms with Crippen molar-refractivity contribution >= 4 is 58.4 Å². The maximum atomic E-state index is 13.5. The third-order valence-corrected chi connectivity index (χ3v) is 13.3. The van der Waals surface area contributed by atoms with E-state index >= 15 is 0 Å². The van der Waals surface area contributed by atoms with Gasteiger partial charge in [0, 0.05) is 95.0 Å². The largest absolute Gasteiger partial charge is 0.371 e. The number of urea groups is 1. The van der Waals surface area contributed by atoms with Gasteiger partial charge in [-0.25, -0.2) is 14.8 Å². The quantitative estimate of drug-likeness (QED) is 0.285. The first-order valence-electron chi connectivity index (χ1n) is 20.6. The van der Waals surface area contributed by atoms with Crippen molar-refractivity contribution in [1.29, 1.82) is 0 Å². The molecule has 2 atom stereocenters. The normalized spacial score (nSPS) is 23.5. The molecule has 5 saturated heterocycles. The smallest absolute Gasteiger partial charge is 0.320 e. The van der Waals surface area contributed by atoms with Crippen molar-refractivity contribution in [1.82, 2.24) is 30.0 Å². The molecule has 2 aromatic carbocycles. The zero-order valence-electron chi connectivity index (χ0n) is 33.0. The third kappa shape index (κ3) is 7.13. The Labute approximate surface area is 337 Å². The van der Waals surface area contributed by atoms with E-state index in [9.17, 15) is 24.0 Å². The number of piperidine rings is 4. The van der Waals surface area contributed by atoms with E-state index in [0.29, 0.717) is 36.7 Å². The van der Waals surface area contributed by atoms with Gasteiger partial charge >= 0.3 is 6.03 Å². The van der Waals surface area contributed by atoms with Crippen LogP contribution >= 0.6 is 0 Å². The van der Waals surface area contributed by atoms with Crippen molar-refractivity contribution in [2.75, 3.05) is 79.4 Å². The summed E-state index contributed by atoms with van der Waals surface area (Å²) in [5.74, 6) is -0.536. The Kier molecular flexibility index (Phi) is 9.80. The van der Waals surface area contributed by atoms with E-state index in [1.807, 2.05) is 36.2 Å². The molecule has 58 heavy (non-hydrogen) atoms. The molecule has 304 valence electrons. The number of carbonyl (C=O) groups excluding carboxylic acids is 5. The predicted octanol–water partition coefficient (Wildman–Crippen LogP) is 3.30. The molecule has 6 amide bonds. The highest BCUT2D eigenvalue weighted by Gasteiger charge is 2.42. The van der Waals surface area contributed by atoms with Gasteiger partial charge < -0.3 is 40.4 Å². The second-order valence-electron chi connectivity index (χ2n) is 16.9. The Morgan fingerprint density at radius 3 is 2.38 bits per heavy atom. The minimum absolute atomic E-state index is 0.0618. The maximum Gasteiger partial charge on any atom is 0.320 e. The zero-order chi connectivity index (χ0) is 40.1. The summed E-state index contributed by atoms with van der Waals surface area (Å²) < 4.78 is 0. The van der Waals surface area contributed by atoms with Crippen molar-refractivity contribution in [3.05, 3.63) is 65.5 Å². The summed E-state index contributed by atoms with van der Waals surface area (Å²) in [5.41, 5.74) is 10.5. The van der Waals surface area contributed by atoms with Gasteiger partial charge in [-0.2, -0.15) is 0 Å². The molecule has 6 aliphatic heterocycles. The van der Waals surface area contributed by atoms with E-state index in [4.69, 9.17) is 10.7 Å². The van der Waals surface area contributed by atoms with Crippen molar-refractivity contribution in [2.45, 2.75) is 70.0 Å². The number of nitrogens with one attached hydrogen (secondary N) is 2. The fourth-order valence-corrected chi connectivity index (χ4v) is 9.93. The summed E-state index contributed by atoms with van der Waals surface area (Å²) in [7, 11) is 1.83. The van der Waals surface area contributed by atoms with Crippen LogP contribution in [0.15, 0.2) is 48.7 Å². The first-order valence-corrected chi connectivity index (χ1v) is 20.6. The first kappa shape index (κ1) is 37.6. The molecule has 0 radical (unpaired) electrons. The number of aromatic nitrogens is 2. The van der Waals surface area contributed by atoms with E-state index in [1.54, 1.807) is 16.0 Å². The number of primary amides is 1. The van der Waals surface area contributed by atoms with Crippen LogP contribution < -0.4 is 31.1 Å². The van der Waals surface area contributed by atoms with Gasteiger partial charge in [-0.1, -0.05) is 6.07 Å². The van der Waals surface area contributed by atoms with E-state index in [-0.39, 0.29) is 41.4 Å². The molecule has 1 unspecified atom stereocenters. The summed E-state index contributed by atoms with van der Waals surface area (Å²) in [4.78, 5) is 84.4. The van der Waals surface area contributed by atoms with Gasteiger partial charge in [-0.15, -0.1) is 0 Å². The maximum absolute atomic E-state index is 13.5. The Morgan fingerprint density at radius 2 is 1.64 bits per heavy atom. The van der Waals surface area contributed by atoms with Crippen molar-refractivity contribution < 1.29 is 24.0 Å². The summed E-state index contributed by atoms with van der Waals surface area (Å²) in [6, 6.07) is 13.8. The van der Waals surface area contributed by atoms with E-state index in [1.165, 1.54) is 6.42 Å². The van der Waals surface area contributed by atoms with E-state index < -0.39 is 17.9 Å². The van der Waals surface area contributed by atoms with Gasteiger partial charge in [0.15, 0.2) is 11.5 Å². The van der Waals surface area contributed by atoms with Gasteiger partial charge in [0.1, 0.15) is 11.9 Å². The molecule has 0 bridgehead atoms. The van der Waals surface area contributed by atoms with Crippen LogP contribution in [0.5, 0.6) is 0 Å². The number of rotatable bonds is 8. The molecule has 7 heterocycles. The number of hydrogen-bond donors (Lipinski definition) is 3. The number of amides is 6. The molecule has 1 spiro atoms. The van der Waals surface area contributed by atoms with Crippen LogP contribution in [-0.2, 0) is 16.1 Å². The molecule has 4 N–H and O–H groups in total. The van der Waals surface area contributed by atoms with Crippen molar-refractivity contribution in [3.8, 4) is 0 Å². The second kappa shape index (κ2) is 15.1. The SMILES string of the molecule is CN1CCN([C@@H]2CCCN(c3cnc(C(N)=O)c(Nc4ccc(N5CCC6(CCCN(c7ccc8c(c7)C(=O)N(C7CCC(=O)NC7=O)C8)C6)CC5)cc4)n3)C2)C1=O. The predicted molar refractivity (Wildman–Crippen MR) is 218 cm³/mol. The summed E-state index contributed by atoms with van der Waals surface area (Å²) in [6.07, 6.45) is 8.41. The van der Waals surface area contributed by atoms with E-state index in [0.717, 1.165) is 101 Å². The minimum Gasteiger partial charge on any atom is -0.371 e. The van der Waals surface area contributed by atoms with Crippen LogP contribution in [0.3, 0.4) is 0 Å². The minimum atomic E-state index is -0.662. The van der Waals surface area contributed by atoms with Crippen LogP contribution in [-0.4, -0.2) is 126 Å². The van der Waals surface area contributed by atoms with Gasteiger partial charge in [0.2, 0.25) is 11.8 Å². The monoisotopic (exact) mass is 789 g/mol. The number of fused-ring (bicyclic) bond motifs is 1. The topological polar surface area (TPSA) is 181 Å². The highest BCUT2D eigenvalue weighted by Crippen LogP contribution is 2.43. The van der Waals surface area contributed by atoms with Gasteiger partial charge in [0.25, 0.3) is 11.8 Å². The Bertz CT molecular complexity index is 2140. The highest BCUT2D eigenvalue weighted by molar-refractivity contribution is 6.05. The standard InChI is InChI=1S/C42H51N11O5/c1-48-20-21-52(41(48)58)31-4-2-16-50(25-31)34-23-44-36(37(43)55)38(46-34)45-28-6-9-29(10-7-28)49-18-14-42(15-19-49)13-3-17-51(26-42)30-8-5-27-24-53(40(57)32(27)22-30)33-11-12-35(54)47-39(33)56/h5-10,22-23,31,33H,2-4,11-21,24-26H2,1H3,(H2,43,55)(H,45,46)(H,47,54,56)/t31-,33?/m1/s1. The number of benzene rings is 2. The third-order valence-electron chi connectivity index (χ3n) is 13.3. The molecular weight excluding hydrogens is 739 g/mol. The lowest BCUT2D eigenvalue weighted by Gasteiger charge is -2.49. The van der Waals surface area contributed by atoms with E-state index in [2.05, 4.69) is 48.5 Å². The van der Waals surface area contributed by atoms with Gasteiger partial charge in [-0.05, 0) is 92.3 Å². The van der Waals surface area contributed by atoms with Gasteiger partial charge in [-0.3, -0.25) is 24.5 Å². The number of likely N-dealkylation sites (N-methyl/N-ethyl adjacent to an activating group) is 1. The Morgan fingerprint density at radius 1 is 0.862 bits per heavy atom. The average Bonchev–Trinajstić information content (AvgIpc) is 3.74. The lowest BCUT2D eigenvalue weighted by atomic mass is 9.72. The Balaban J connectivity index is 0.823. The summed E-state index contributed by atoms with van der Waals surface area (Å²) in [5, 5.41) is 5.69. The van der Waals surface area contributed by atoms with Gasteiger partial charge in [0.05, 0.1) is 12.2 Å². The van der Waals surface area contributed by atoms with Crippen molar-refractivity contribution in [2.24, 2.45) is 11.1 Å². The molecule has 3 aromatic rings. The number of nitrogens with zero attached hydrogens (tertiary/aromatic N) is 8. The number of carbonyl (C=O) groups is 5. The molecule has 9 rings (SSSR count). The molecule has 0 aliphatic carbocycles. The lowest BCUT2D eigenvalue weighted by molar-refractivity contribution is -0.136. The Hall–Kier alpha value is -5.93. The second-order valence-corrected chi connectivity index (χ2v) is 16.9. The summed E-state index contributed by atoms with van der Waals surface area (Å²) in [6.45, 7) is 6.99. The molecule has 0 saturated carbocycles. The molecule has 1 aromatic heterocycles. The number of imide groups is 1. The molecular formula is C42H51N11O5. The number of anilines is 5. The molecule has 5 fully saturated rings. The van der Waals surface area contributed by atoms with Crippen LogP contribution in [0, 0.1) is 5.41 Å². The highest BCUT2D eigenvalue weighted by atomic mass is 16.2. The summed E-state index contributed by atoms with van der Waals surface area (Å²) >= 11 is 0. The number of nitrogens with two attached hydrogens (primary N) is 1. The van der Waals surface area contributed by atoms with Crippen LogP contribution in [0.4, 0.5) is 33.5 Å². The fourth-order valence-electron chi connectivity index (χ4n) is 9.93. The average molecular weight is 790 g/mol. The van der Waals surface area contributed by atoms with Crippen molar-refractivity contribution in [3.63, 3.8) is 0 Å². The molecule has 16 nitrogen and oxygen atoms in total. The van der Waals surface area contributed by atoms with Crippen LogP contribution in [0.2, 0.25) is 0 Å². The molecule has 16 heteroatoms. The van der Waals surface area contributed by atoms with Crippen LogP contribution in [0.25, 0.3) is 0 Å². The van der Waals surface area contributed by atoms with Crippen LogP contribution in [0.1, 0.15) is 77.8 Å². The zero-order valence-corrected chi connectivity index (χ0v) is 33.0.